The number of hydrogen-bond donors (Lipinski definition) is 0. The average molecular weight is 375 g/mol. The molecular weight excluding hydrogens is 348 g/mol. The molecule has 0 heterocycles. The van der Waals surface area contributed by atoms with Crippen LogP contribution in [0.5, 0.6) is 0 Å². The lowest BCUT2D eigenvalue weighted by Gasteiger charge is -2.23. The highest BCUT2D eigenvalue weighted by Gasteiger charge is 2.24. The predicted molar refractivity (Wildman–Crippen MR) is 105 cm³/mol. The summed E-state index contributed by atoms with van der Waals surface area (Å²) in [4.78, 5) is 14.3. The zero-order valence-electron chi connectivity index (χ0n) is 15.6. The lowest BCUT2D eigenvalue weighted by Crippen LogP contribution is -2.31. The molecule has 2 aromatic carbocycles. The quantitative estimate of drug-likeness (QED) is 0.707. The van der Waals surface area contributed by atoms with E-state index in [2.05, 4.69) is 6.92 Å². The predicted octanol–water partition coefficient (Wildman–Crippen LogP) is 3.77. The number of rotatable bonds is 8. The normalized spacial score (nSPS) is 11.2. The van der Waals surface area contributed by atoms with Gasteiger partial charge in [0.15, 0.2) is 0 Å². The number of benzene rings is 2. The van der Waals surface area contributed by atoms with Crippen LogP contribution < -0.4 is 4.31 Å². The fraction of sp³-hybridized carbons (Fsp3) is 0.350. The van der Waals surface area contributed by atoms with Gasteiger partial charge in [0.2, 0.25) is 0 Å². The zero-order chi connectivity index (χ0) is 19.2. The van der Waals surface area contributed by atoms with Gasteiger partial charge in [-0.05, 0) is 43.7 Å². The van der Waals surface area contributed by atoms with E-state index >= 15 is 0 Å². The van der Waals surface area contributed by atoms with Crippen LogP contribution in [0.3, 0.4) is 0 Å². The number of para-hydroxylation sites is 1. The minimum atomic E-state index is -3.74. The molecule has 5 nitrogen and oxygen atoms in total. The Morgan fingerprint density at radius 2 is 1.69 bits per heavy atom. The second kappa shape index (κ2) is 8.85. The van der Waals surface area contributed by atoms with Crippen molar-refractivity contribution in [2.24, 2.45) is 0 Å². The van der Waals surface area contributed by atoms with Crippen molar-refractivity contribution in [3.05, 3.63) is 60.2 Å². The third-order valence-electron chi connectivity index (χ3n) is 4.19. The first-order chi connectivity index (χ1) is 12.4. The van der Waals surface area contributed by atoms with Crippen LogP contribution >= 0.6 is 0 Å². The number of sulfonamides is 1. The number of carbonyl (C=O) groups is 1. The maximum atomic E-state index is 13.1. The Bertz CT molecular complexity index is 835. The summed E-state index contributed by atoms with van der Waals surface area (Å²) in [6.07, 6.45) is 1.91. The van der Waals surface area contributed by atoms with Gasteiger partial charge >= 0.3 is 0 Å². The average Bonchev–Trinajstić information content (AvgIpc) is 2.66. The van der Waals surface area contributed by atoms with Gasteiger partial charge < -0.3 is 4.90 Å². The lowest BCUT2D eigenvalue weighted by molar-refractivity contribution is 0.0793. The Morgan fingerprint density at radius 3 is 2.31 bits per heavy atom. The van der Waals surface area contributed by atoms with Crippen molar-refractivity contribution < 1.29 is 13.2 Å². The summed E-state index contributed by atoms with van der Waals surface area (Å²) in [7, 11) is -2.00. The molecule has 26 heavy (non-hydrogen) atoms. The molecule has 0 atom stereocenters. The van der Waals surface area contributed by atoms with Gasteiger partial charge in [-0.1, -0.05) is 37.6 Å². The molecule has 0 aliphatic rings. The van der Waals surface area contributed by atoms with Crippen LogP contribution in [0.1, 0.15) is 37.0 Å². The van der Waals surface area contributed by atoms with E-state index < -0.39 is 10.0 Å². The first-order valence-corrected chi connectivity index (χ1v) is 10.3. The van der Waals surface area contributed by atoms with E-state index in [1.165, 1.54) is 16.4 Å². The highest BCUT2D eigenvalue weighted by atomic mass is 32.2. The SMILES string of the molecule is CCCCN(C)C(=O)c1cccc(S(=O)(=O)N(CC)c2ccccc2)c1. The zero-order valence-corrected chi connectivity index (χ0v) is 16.4. The molecular formula is C20H26N2O3S. The molecule has 0 aromatic heterocycles. The van der Waals surface area contributed by atoms with Crippen molar-refractivity contribution >= 4 is 21.6 Å². The molecule has 0 spiro atoms. The van der Waals surface area contributed by atoms with E-state index in [4.69, 9.17) is 0 Å². The van der Waals surface area contributed by atoms with E-state index in [1.54, 1.807) is 55.3 Å². The van der Waals surface area contributed by atoms with Gasteiger partial charge in [0.25, 0.3) is 15.9 Å². The molecule has 0 unspecified atom stereocenters. The van der Waals surface area contributed by atoms with Crippen molar-refractivity contribution in [3.8, 4) is 0 Å². The summed E-state index contributed by atoms with van der Waals surface area (Å²) >= 11 is 0. The largest absolute Gasteiger partial charge is 0.342 e. The maximum absolute atomic E-state index is 13.1. The van der Waals surface area contributed by atoms with E-state index in [0.717, 1.165) is 12.8 Å². The Labute approximate surface area is 156 Å². The summed E-state index contributed by atoms with van der Waals surface area (Å²) in [6, 6.07) is 15.2. The number of amides is 1. The molecule has 0 aliphatic carbocycles. The molecule has 0 N–H and O–H groups in total. The molecule has 0 bridgehead atoms. The fourth-order valence-corrected chi connectivity index (χ4v) is 4.24. The van der Waals surface area contributed by atoms with E-state index in [-0.39, 0.29) is 10.8 Å². The Balaban J connectivity index is 2.34. The topological polar surface area (TPSA) is 57.7 Å². The van der Waals surface area contributed by atoms with Crippen molar-refractivity contribution in [1.82, 2.24) is 4.90 Å². The minimum Gasteiger partial charge on any atom is -0.342 e. The minimum absolute atomic E-state index is 0.123. The van der Waals surface area contributed by atoms with Gasteiger partial charge in [-0.2, -0.15) is 0 Å². The number of nitrogens with zero attached hydrogens (tertiary/aromatic N) is 2. The summed E-state index contributed by atoms with van der Waals surface area (Å²) in [5.74, 6) is -0.168. The van der Waals surface area contributed by atoms with Gasteiger partial charge in [0, 0.05) is 25.7 Å². The Hall–Kier alpha value is -2.34. The highest BCUT2D eigenvalue weighted by Crippen LogP contribution is 2.24. The van der Waals surface area contributed by atoms with Crippen molar-refractivity contribution in [3.63, 3.8) is 0 Å². The maximum Gasteiger partial charge on any atom is 0.264 e. The van der Waals surface area contributed by atoms with Crippen molar-refractivity contribution in [2.45, 2.75) is 31.6 Å². The van der Waals surface area contributed by atoms with E-state index in [9.17, 15) is 13.2 Å². The lowest BCUT2D eigenvalue weighted by atomic mass is 10.2. The summed E-state index contributed by atoms with van der Waals surface area (Å²) in [5.41, 5.74) is 0.987. The molecule has 6 heteroatoms. The van der Waals surface area contributed by atoms with Crippen LogP contribution in [0.25, 0.3) is 0 Å². The van der Waals surface area contributed by atoms with Crippen LogP contribution in [0.15, 0.2) is 59.5 Å². The number of anilines is 1. The summed E-state index contributed by atoms with van der Waals surface area (Å²) in [6.45, 7) is 4.81. The first kappa shape index (κ1) is 20.0. The van der Waals surface area contributed by atoms with Crippen LogP contribution in [-0.4, -0.2) is 39.4 Å². The Morgan fingerprint density at radius 1 is 1.00 bits per heavy atom. The van der Waals surface area contributed by atoms with Gasteiger partial charge in [-0.3, -0.25) is 9.10 Å². The molecule has 140 valence electrons. The van der Waals surface area contributed by atoms with Crippen molar-refractivity contribution in [1.29, 1.82) is 0 Å². The Kier molecular flexibility index (Phi) is 6.80. The summed E-state index contributed by atoms with van der Waals surface area (Å²) in [5, 5.41) is 0. The highest BCUT2D eigenvalue weighted by molar-refractivity contribution is 7.92. The van der Waals surface area contributed by atoms with Gasteiger partial charge in [0.05, 0.1) is 10.6 Å². The first-order valence-electron chi connectivity index (χ1n) is 8.85. The number of carbonyl (C=O) groups excluding carboxylic acids is 1. The molecule has 0 radical (unpaired) electrons. The molecule has 2 aromatic rings. The summed E-state index contributed by atoms with van der Waals surface area (Å²) < 4.78 is 27.5. The van der Waals surface area contributed by atoms with Crippen molar-refractivity contribution in [2.75, 3.05) is 24.4 Å². The van der Waals surface area contributed by atoms with Crippen LogP contribution in [-0.2, 0) is 10.0 Å². The molecule has 0 saturated carbocycles. The van der Waals surface area contributed by atoms with Gasteiger partial charge in [-0.25, -0.2) is 8.42 Å². The van der Waals surface area contributed by atoms with E-state index in [0.29, 0.717) is 24.3 Å². The molecule has 0 saturated heterocycles. The van der Waals surface area contributed by atoms with Crippen LogP contribution in [0.2, 0.25) is 0 Å². The van der Waals surface area contributed by atoms with Crippen LogP contribution in [0, 0.1) is 0 Å². The van der Waals surface area contributed by atoms with Crippen LogP contribution in [0.4, 0.5) is 5.69 Å². The smallest absolute Gasteiger partial charge is 0.264 e. The monoisotopic (exact) mass is 374 g/mol. The second-order valence-electron chi connectivity index (χ2n) is 6.11. The van der Waals surface area contributed by atoms with Gasteiger partial charge in [0.1, 0.15) is 0 Å². The standard InChI is InChI=1S/C20H26N2O3S/c1-4-6-15-21(3)20(23)17-11-10-14-19(16-17)26(24,25)22(5-2)18-12-8-7-9-13-18/h7-14,16H,4-6,15H2,1-3H3. The molecule has 0 aliphatic heterocycles. The molecule has 2 rings (SSSR count). The fourth-order valence-electron chi connectivity index (χ4n) is 2.72. The number of unbranched alkanes of at least 4 members (excludes halogenated alkanes) is 1. The molecule has 1 amide bonds. The molecule has 0 fully saturated rings. The third kappa shape index (κ3) is 4.43. The number of hydrogen-bond acceptors (Lipinski definition) is 3. The third-order valence-corrected chi connectivity index (χ3v) is 6.09. The second-order valence-corrected chi connectivity index (χ2v) is 7.98. The van der Waals surface area contributed by atoms with Gasteiger partial charge in [-0.15, -0.1) is 0 Å². The van der Waals surface area contributed by atoms with E-state index in [1.807, 2.05) is 6.07 Å².